The van der Waals surface area contributed by atoms with E-state index in [9.17, 15) is 9.59 Å². The molecule has 26 heavy (non-hydrogen) atoms. The van der Waals surface area contributed by atoms with E-state index in [1.807, 2.05) is 12.1 Å². The van der Waals surface area contributed by atoms with E-state index >= 15 is 0 Å². The lowest BCUT2D eigenvalue weighted by Gasteiger charge is -2.17. The third-order valence-corrected chi connectivity index (χ3v) is 4.32. The van der Waals surface area contributed by atoms with Crippen LogP contribution in [-0.2, 0) is 20.7 Å². The van der Waals surface area contributed by atoms with Crippen molar-refractivity contribution in [2.45, 2.75) is 38.3 Å². The molecule has 0 aromatic heterocycles. The van der Waals surface area contributed by atoms with Crippen molar-refractivity contribution in [2.24, 2.45) is 0 Å². The third-order valence-electron chi connectivity index (χ3n) is 4.32. The van der Waals surface area contributed by atoms with Gasteiger partial charge >= 0.3 is 0 Å². The molecule has 1 heterocycles. The Kier molecular flexibility index (Phi) is 7.62. The van der Waals surface area contributed by atoms with E-state index in [0.717, 1.165) is 37.7 Å². The van der Waals surface area contributed by atoms with Gasteiger partial charge in [0, 0.05) is 18.9 Å². The molecule has 2 rings (SSSR count). The lowest BCUT2D eigenvalue weighted by molar-refractivity contribution is -0.122. The Bertz CT molecular complexity index is 660. The first-order chi connectivity index (χ1) is 12.5. The second-order valence-electron chi connectivity index (χ2n) is 6.21. The Morgan fingerprint density at radius 1 is 1.12 bits per heavy atom. The van der Waals surface area contributed by atoms with Crippen molar-refractivity contribution < 1.29 is 19.1 Å². The van der Waals surface area contributed by atoms with Crippen molar-refractivity contribution >= 4 is 17.5 Å². The SMILES string of the molecule is C=C1NC(=O)CNC(OC)CCCCCc2ccc(OC)cc2NC1=O. The van der Waals surface area contributed by atoms with Crippen LogP contribution in [0.25, 0.3) is 0 Å². The number of methoxy groups -OCH3 is 2. The van der Waals surface area contributed by atoms with Gasteiger partial charge in [-0.05, 0) is 37.3 Å². The van der Waals surface area contributed by atoms with E-state index < -0.39 is 5.91 Å². The van der Waals surface area contributed by atoms with Crippen LogP contribution in [0.2, 0.25) is 0 Å². The topological polar surface area (TPSA) is 88.7 Å². The zero-order valence-electron chi connectivity index (χ0n) is 15.4. The molecule has 0 fully saturated rings. The van der Waals surface area contributed by atoms with Crippen molar-refractivity contribution in [3.63, 3.8) is 0 Å². The minimum absolute atomic E-state index is 0.00518. The number of benzene rings is 1. The Balaban J connectivity index is 2.18. The number of carbonyl (C=O) groups is 2. The van der Waals surface area contributed by atoms with Gasteiger partial charge in [-0.1, -0.05) is 19.1 Å². The summed E-state index contributed by atoms with van der Waals surface area (Å²) in [5.41, 5.74) is 1.69. The van der Waals surface area contributed by atoms with Gasteiger partial charge in [-0.2, -0.15) is 0 Å². The highest BCUT2D eigenvalue weighted by molar-refractivity contribution is 6.05. The normalized spacial score (nSPS) is 20.2. The Hall–Kier alpha value is -2.38. The molecule has 1 aromatic rings. The van der Waals surface area contributed by atoms with Crippen LogP contribution in [0.15, 0.2) is 30.5 Å². The van der Waals surface area contributed by atoms with Crippen LogP contribution in [0.3, 0.4) is 0 Å². The number of fused-ring (bicyclic) bond motifs is 1. The predicted molar refractivity (Wildman–Crippen MR) is 99.9 cm³/mol. The highest BCUT2D eigenvalue weighted by Crippen LogP contribution is 2.25. The molecular formula is C19H27N3O4. The van der Waals surface area contributed by atoms with Gasteiger partial charge in [0.05, 0.1) is 19.4 Å². The molecule has 2 amide bonds. The number of hydrogen-bond donors (Lipinski definition) is 3. The largest absolute Gasteiger partial charge is 0.497 e. The van der Waals surface area contributed by atoms with Crippen LogP contribution in [0, 0.1) is 0 Å². The monoisotopic (exact) mass is 361 g/mol. The number of anilines is 1. The second kappa shape index (κ2) is 9.94. The lowest BCUT2D eigenvalue weighted by Crippen LogP contribution is -2.41. The maximum atomic E-state index is 12.4. The van der Waals surface area contributed by atoms with Gasteiger partial charge in [-0.15, -0.1) is 0 Å². The summed E-state index contributed by atoms with van der Waals surface area (Å²) in [7, 11) is 3.19. The fraction of sp³-hybridized carbons (Fsp3) is 0.474. The van der Waals surface area contributed by atoms with Crippen LogP contribution >= 0.6 is 0 Å². The molecule has 0 bridgehead atoms. The fourth-order valence-electron chi connectivity index (χ4n) is 2.82. The number of aryl methyl sites for hydroxylation is 1. The highest BCUT2D eigenvalue weighted by Gasteiger charge is 2.16. The number of hydrogen-bond acceptors (Lipinski definition) is 5. The molecule has 1 atom stereocenters. The zero-order chi connectivity index (χ0) is 18.9. The number of rotatable bonds is 2. The molecule has 0 aliphatic carbocycles. The molecular weight excluding hydrogens is 334 g/mol. The molecule has 0 saturated carbocycles. The van der Waals surface area contributed by atoms with Crippen LogP contribution in [-0.4, -0.2) is 38.8 Å². The standard InChI is InChI=1S/C19H27N3O4/c1-13-19(24)22-16-11-15(25-2)10-9-14(16)7-5-4-6-8-18(26-3)20-12-17(23)21-13/h9-11,18,20H,1,4-8,12H2,2-3H3,(H,21,23)(H,22,24). The first-order valence-corrected chi connectivity index (χ1v) is 8.76. The third kappa shape index (κ3) is 5.86. The summed E-state index contributed by atoms with van der Waals surface area (Å²) < 4.78 is 10.6. The molecule has 1 unspecified atom stereocenters. The maximum absolute atomic E-state index is 12.4. The molecule has 7 nitrogen and oxygen atoms in total. The second-order valence-corrected chi connectivity index (χ2v) is 6.21. The molecule has 0 radical (unpaired) electrons. The van der Waals surface area contributed by atoms with Crippen molar-refractivity contribution in [2.75, 3.05) is 26.1 Å². The summed E-state index contributed by atoms with van der Waals surface area (Å²) in [6.07, 6.45) is 4.46. The average Bonchev–Trinajstić information content (AvgIpc) is 2.64. The van der Waals surface area contributed by atoms with Gasteiger partial charge in [0.15, 0.2) is 0 Å². The van der Waals surface area contributed by atoms with Gasteiger partial charge in [0.1, 0.15) is 12.0 Å². The van der Waals surface area contributed by atoms with Gasteiger partial charge < -0.3 is 20.1 Å². The van der Waals surface area contributed by atoms with Crippen LogP contribution in [0.5, 0.6) is 5.75 Å². The zero-order valence-corrected chi connectivity index (χ0v) is 15.4. The summed E-state index contributed by atoms with van der Waals surface area (Å²) in [6, 6.07) is 5.61. The van der Waals surface area contributed by atoms with Gasteiger partial charge in [-0.3, -0.25) is 14.9 Å². The van der Waals surface area contributed by atoms with Crippen molar-refractivity contribution in [1.82, 2.24) is 10.6 Å². The summed E-state index contributed by atoms with van der Waals surface area (Å²) in [5, 5.41) is 8.36. The molecule has 0 saturated heterocycles. The minimum Gasteiger partial charge on any atom is -0.497 e. The van der Waals surface area contributed by atoms with Gasteiger partial charge in [0.25, 0.3) is 5.91 Å². The van der Waals surface area contributed by atoms with E-state index in [4.69, 9.17) is 9.47 Å². The van der Waals surface area contributed by atoms with Gasteiger partial charge in [-0.25, -0.2) is 0 Å². The number of ether oxygens (including phenoxy) is 2. The summed E-state index contributed by atoms with van der Waals surface area (Å²) >= 11 is 0. The van der Waals surface area contributed by atoms with E-state index in [1.54, 1.807) is 20.3 Å². The quantitative estimate of drug-likeness (QED) is 0.701. The van der Waals surface area contributed by atoms with Crippen molar-refractivity contribution in [3.8, 4) is 5.75 Å². The smallest absolute Gasteiger partial charge is 0.271 e. The first-order valence-electron chi connectivity index (χ1n) is 8.76. The minimum atomic E-state index is -0.453. The van der Waals surface area contributed by atoms with E-state index in [2.05, 4.69) is 22.5 Å². The van der Waals surface area contributed by atoms with Crippen molar-refractivity contribution in [1.29, 1.82) is 0 Å². The average molecular weight is 361 g/mol. The summed E-state index contributed by atoms with van der Waals surface area (Å²) in [5.74, 6) is -0.136. The predicted octanol–water partition coefficient (Wildman–Crippen LogP) is 1.94. The van der Waals surface area contributed by atoms with Crippen LogP contribution in [0.4, 0.5) is 5.69 Å². The molecule has 1 aliphatic heterocycles. The number of nitrogens with one attached hydrogen (secondary N) is 3. The van der Waals surface area contributed by atoms with E-state index in [0.29, 0.717) is 11.4 Å². The fourth-order valence-corrected chi connectivity index (χ4v) is 2.82. The molecule has 142 valence electrons. The van der Waals surface area contributed by atoms with Gasteiger partial charge in [0.2, 0.25) is 5.91 Å². The van der Waals surface area contributed by atoms with E-state index in [1.165, 1.54) is 0 Å². The van der Waals surface area contributed by atoms with Crippen molar-refractivity contribution in [3.05, 3.63) is 36.0 Å². The Labute approximate surface area is 154 Å². The molecule has 1 aromatic carbocycles. The molecule has 1 aliphatic rings. The Morgan fingerprint density at radius 3 is 2.65 bits per heavy atom. The first kappa shape index (κ1) is 19.9. The summed E-state index contributed by atoms with van der Waals surface area (Å²) in [4.78, 5) is 24.4. The number of amides is 2. The van der Waals surface area contributed by atoms with E-state index in [-0.39, 0.29) is 24.4 Å². The molecule has 0 spiro atoms. The number of carbonyl (C=O) groups excluding carboxylic acids is 2. The maximum Gasteiger partial charge on any atom is 0.271 e. The highest BCUT2D eigenvalue weighted by atomic mass is 16.5. The molecule has 3 N–H and O–H groups in total. The van der Waals surface area contributed by atoms with Crippen LogP contribution < -0.4 is 20.7 Å². The lowest BCUT2D eigenvalue weighted by atomic mass is 10.0. The van der Waals surface area contributed by atoms with Crippen LogP contribution in [0.1, 0.15) is 31.2 Å². The molecule has 7 heteroatoms. The summed E-state index contributed by atoms with van der Waals surface area (Å²) in [6.45, 7) is 3.71. The Morgan fingerprint density at radius 2 is 1.92 bits per heavy atom.